The van der Waals surface area contributed by atoms with Crippen LogP contribution in [0.1, 0.15) is 11.4 Å². The van der Waals surface area contributed by atoms with E-state index in [0.29, 0.717) is 19.6 Å². The Balaban J connectivity index is 1.86. The average molecular weight is 250 g/mol. The Bertz CT molecular complexity index is 494. The van der Waals surface area contributed by atoms with Gasteiger partial charge in [-0.15, -0.1) is 0 Å². The van der Waals surface area contributed by atoms with Crippen molar-refractivity contribution in [3.63, 3.8) is 0 Å². The molecule has 0 spiro atoms. The summed E-state index contributed by atoms with van der Waals surface area (Å²) in [5.74, 6) is -1.14. The van der Waals surface area contributed by atoms with E-state index >= 15 is 0 Å². The maximum Gasteiger partial charge on any atom is 0.326 e. The molecule has 3 heterocycles. The number of carboxylic acid groups (broad SMARTS) is 1. The number of hydrogen-bond donors (Lipinski definition) is 3. The molecule has 3 rings (SSSR count). The number of carbonyl (C=O) groups is 2. The van der Waals surface area contributed by atoms with Crippen LogP contribution in [0.3, 0.4) is 0 Å². The summed E-state index contributed by atoms with van der Waals surface area (Å²) in [5.41, 5.74) is 1.59. The third kappa shape index (κ3) is 1.67. The van der Waals surface area contributed by atoms with Gasteiger partial charge in [-0.25, -0.2) is 9.78 Å². The highest BCUT2D eigenvalue weighted by Gasteiger charge is 2.39. The lowest BCUT2D eigenvalue weighted by atomic mass is 9.96. The van der Waals surface area contributed by atoms with E-state index in [4.69, 9.17) is 0 Å². The molecule has 1 atom stereocenters. The minimum Gasteiger partial charge on any atom is -0.480 e. The molecule has 96 valence electrons. The lowest BCUT2D eigenvalue weighted by Gasteiger charge is -2.37. The molecule has 1 amide bonds. The van der Waals surface area contributed by atoms with Crippen LogP contribution in [0.15, 0.2) is 6.33 Å². The van der Waals surface area contributed by atoms with Crippen molar-refractivity contribution >= 4 is 11.9 Å². The first-order valence-electron chi connectivity index (χ1n) is 5.92. The van der Waals surface area contributed by atoms with Gasteiger partial charge in [0.1, 0.15) is 6.04 Å². The fourth-order valence-electron chi connectivity index (χ4n) is 2.39. The maximum atomic E-state index is 12.2. The van der Waals surface area contributed by atoms with E-state index in [2.05, 4.69) is 15.3 Å². The number of aromatic nitrogens is 2. The second-order valence-corrected chi connectivity index (χ2v) is 4.71. The molecule has 7 nitrogen and oxygen atoms in total. The molecule has 1 aromatic rings. The third-order valence-electron chi connectivity index (χ3n) is 3.60. The third-order valence-corrected chi connectivity index (χ3v) is 3.60. The molecule has 2 aliphatic rings. The van der Waals surface area contributed by atoms with E-state index in [0.717, 1.165) is 11.4 Å². The molecule has 0 bridgehead atoms. The van der Waals surface area contributed by atoms with Crippen LogP contribution in [0.4, 0.5) is 0 Å². The van der Waals surface area contributed by atoms with Gasteiger partial charge >= 0.3 is 5.97 Å². The van der Waals surface area contributed by atoms with Crippen LogP contribution in [0.25, 0.3) is 0 Å². The lowest BCUT2D eigenvalue weighted by Crippen LogP contribution is -2.57. The zero-order valence-corrected chi connectivity index (χ0v) is 9.72. The van der Waals surface area contributed by atoms with Crippen LogP contribution >= 0.6 is 0 Å². The zero-order valence-electron chi connectivity index (χ0n) is 9.72. The second-order valence-electron chi connectivity index (χ2n) is 4.71. The minimum absolute atomic E-state index is 0.0820. The number of amides is 1. The van der Waals surface area contributed by atoms with Crippen LogP contribution in [0.2, 0.25) is 0 Å². The number of fused-ring (bicyclic) bond motifs is 1. The average Bonchev–Trinajstić information content (AvgIpc) is 2.71. The van der Waals surface area contributed by atoms with E-state index < -0.39 is 12.0 Å². The van der Waals surface area contributed by atoms with Gasteiger partial charge in [-0.2, -0.15) is 0 Å². The van der Waals surface area contributed by atoms with Crippen molar-refractivity contribution in [2.24, 2.45) is 5.92 Å². The largest absolute Gasteiger partial charge is 0.480 e. The normalized spacial score (nSPS) is 23.3. The molecule has 18 heavy (non-hydrogen) atoms. The van der Waals surface area contributed by atoms with E-state index in [-0.39, 0.29) is 18.2 Å². The van der Waals surface area contributed by atoms with Gasteiger partial charge in [0, 0.05) is 19.5 Å². The van der Waals surface area contributed by atoms with Crippen LogP contribution in [0, 0.1) is 5.92 Å². The molecule has 1 aromatic heterocycles. The Hall–Kier alpha value is -1.89. The Morgan fingerprint density at radius 1 is 1.44 bits per heavy atom. The molecule has 0 aliphatic carbocycles. The first-order chi connectivity index (χ1) is 8.66. The molecule has 1 saturated heterocycles. The van der Waals surface area contributed by atoms with Gasteiger partial charge in [-0.05, 0) is 0 Å². The molecular formula is C11H14N4O3. The highest BCUT2D eigenvalue weighted by atomic mass is 16.4. The van der Waals surface area contributed by atoms with Crippen molar-refractivity contribution in [1.82, 2.24) is 20.2 Å². The molecule has 2 aliphatic heterocycles. The molecule has 0 saturated carbocycles. The summed E-state index contributed by atoms with van der Waals surface area (Å²) in [7, 11) is 0. The van der Waals surface area contributed by atoms with Crippen molar-refractivity contribution in [2.75, 3.05) is 13.1 Å². The molecule has 0 aromatic carbocycles. The summed E-state index contributed by atoms with van der Waals surface area (Å²) in [6.07, 6.45) is 1.82. The minimum atomic E-state index is -0.968. The van der Waals surface area contributed by atoms with Gasteiger partial charge in [-0.3, -0.25) is 4.79 Å². The zero-order chi connectivity index (χ0) is 12.7. The summed E-state index contributed by atoms with van der Waals surface area (Å²) in [5, 5.41) is 12.3. The lowest BCUT2D eigenvalue weighted by molar-refractivity contribution is -0.154. The Labute approximate surface area is 103 Å². The van der Waals surface area contributed by atoms with E-state index in [9.17, 15) is 14.7 Å². The van der Waals surface area contributed by atoms with Gasteiger partial charge in [-0.1, -0.05) is 0 Å². The number of nitrogens with zero attached hydrogens (tertiary/aromatic N) is 2. The van der Waals surface area contributed by atoms with Gasteiger partial charge in [0.15, 0.2) is 0 Å². The highest BCUT2D eigenvalue weighted by molar-refractivity contribution is 5.86. The van der Waals surface area contributed by atoms with Crippen LogP contribution < -0.4 is 5.32 Å². The Morgan fingerprint density at radius 3 is 2.83 bits per heavy atom. The van der Waals surface area contributed by atoms with Gasteiger partial charge < -0.3 is 20.3 Å². The summed E-state index contributed by atoms with van der Waals surface area (Å²) in [6, 6.07) is -0.797. The number of carboxylic acids is 1. The SMILES string of the molecule is O=C(O)C1Cc2nc[nH]c2CN1C(=O)C1CNC1. The molecular weight excluding hydrogens is 236 g/mol. The quantitative estimate of drug-likeness (QED) is 0.623. The number of hydrogen-bond acceptors (Lipinski definition) is 4. The van der Waals surface area contributed by atoms with Crippen molar-refractivity contribution < 1.29 is 14.7 Å². The highest BCUT2D eigenvalue weighted by Crippen LogP contribution is 2.23. The van der Waals surface area contributed by atoms with E-state index in [1.807, 2.05) is 0 Å². The number of H-pyrrole nitrogens is 1. The van der Waals surface area contributed by atoms with Gasteiger partial charge in [0.05, 0.1) is 30.2 Å². The summed E-state index contributed by atoms with van der Waals surface area (Å²) in [6.45, 7) is 1.58. The van der Waals surface area contributed by atoms with Crippen LogP contribution in [0.5, 0.6) is 0 Å². The van der Waals surface area contributed by atoms with Gasteiger partial charge in [0.2, 0.25) is 5.91 Å². The standard InChI is InChI=1S/C11H14N4O3/c16-10(6-2-12-3-6)15-4-8-7(13-5-14-8)1-9(15)11(17)18/h5-6,9,12H,1-4H2,(H,13,14)(H,17,18). The summed E-state index contributed by atoms with van der Waals surface area (Å²) < 4.78 is 0. The number of carbonyl (C=O) groups excluding carboxylic acids is 1. The number of rotatable bonds is 2. The molecule has 7 heteroatoms. The summed E-state index contributed by atoms with van der Waals surface area (Å²) >= 11 is 0. The molecule has 3 N–H and O–H groups in total. The van der Waals surface area contributed by atoms with Crippen molar-refractivity contribution in [2.45, 2.75) is 19.0 Å². The van der Waals surface area contributed by atoms with Gasteiger partial charge in [0.25, 0.3) is 0 Å². The van der Waals surface area contributed by atoms with Crippen LogP contribution in [-0.4, -0.2) is 51.0 Å². The number of aliphatic carboxylic acids is 1. The van der Waals surface area contributed by atoms with E-state index in [1.54, 1.807) is 6.33 Å². The molecule has 1 fully saturated rings. The number of imidazole rings is 1. The van der Waals surface area contributed by atoms with E-state index in [1.165, 1.54) is 4.90 Å². The Kier molecular flexibility index (Phi) is 2.55. The van der Waals surface area contributed by atoms with Crippen molar-refractivity contribution in [1.29, 1.82) is 0 Å². The maximum absolute atomic E-state index is 12.2. The summed E-state index contributed by atoms with van der Waals surface area (Å²) in [4.78, 5) is 32.0. The molecule has 1 unspecified atom stereocenters. The number of aromatic amines is 1. The first-order valence-corrected chi connectivity index (χ1v) is 5.92. The smallest absolute Gasteiger partial charge is 0.326 e. The predicted octanol–water partition coefficient (Wildman–Crippen LogP) is -1.03. The monoisotopic (exact) mass is 250 g/mol. The van der Waals surface area contributed by atoms with Crippen molar-refractivity contribution in [3.8, 4) is 0 Å². The van der Waals surface area contributed by atoms with Crippen LogP contribution in [-0.2, 0) is 22.6 Å². The molecule has 0 radical (unpaired) electrons. The first kappa shape index (κ1) is 11.2. The predicted molar refractivity (Wildman–Crippen MR) is 60.6 cm³/mol. The second kappa shape index (κ2) is 4.09. The fourth-order valence-corrected chi connectivity index (χ4v) is 2.39. The fraction of sp³-hybridized carbons (Fsp3) is 0.545. The number of nitrogens with one attached hydrogen (secondary N) is 2. The topological polar surface area (TPSA) is 98.3 Å². The Morgan fingerprint density at radius 2 is 2.22 bits per heavy atom. The van der Waals surface area contributed by atoms with Crippen molar-refractivity contribution in [3.05, 3.63) is 17.7 Å².